The molecular formula is C19H19N5O2. The Labute approximate surface area is 150 Å². The minimum atomic E-state index is -0.241. The normalized spacial score (nSPS) is 11.0. The zero-order valence-electron chi connectivity index (χ0n) is 14.6. The van der Waals surface area contributed by atoms with E-state index in [1.807, 2.05) is 35.9 Å². The van der Waals surface area contributed by atoms with Crippen molar-refractivity contribution in [2.24, 2.45) is 12.1 Å². The first-order valence-corrected chi connectivity index (χ1v) is 8.13. The monoisotopic (exact) mass is 349 g/mol. The number of nitrogens with zero attached hydrogens (tertiary/aromatic N) is 3. The van der Waals surface area contributed by atoms with Gasteiger partial charge in [-0.25, -0.2) is 10.4 Å². The van der Waals surface area contributed by atoms with Gasteiger partial charge in [-0.3, -0.25) is 9.59 Å². The number of hydrogen-bond acceptors (Lipinski definition) is 4. The molecule has 1 heterocycles. The first-order valence-electron chi connectivity index (χ1n) is 8.13. The molecule has 26 heavy (non-hydrogen) atoms. The van der Waals surface area contributed by atoms with E-state index in [1.165, 1.54) is 6.92 Å². The fourth-order valence-corrected chi connectivity index (χ4v) is 2.57. The Morgan fingerprint density at radius 1 is 1.15 bits per heavy atom. The molecule has 0 aliphatic rings. The van der Waals surface area contributed by atoms with Gasteiger partial charge in [0.25, 0.3) is 0 Å². The van der Waals surface area contributed by atoms with E-state index in [0.29, 0.717) is 11.5 Å². The third-order valence-electron chi connectivity index (χ3n) is 3.83. The maximum atomic E-state index is 12.1. The summed E-state index contributed by atoms with van der Waals surface area (Å²) in [5.41, 5.74) is 5.87. The lowest BCUT2D eigenvalue weighted by Crippen LogP contribution is -2.21. The zero-order valence-corrected chi connectivity index (χ0v) is 14.6. The topological polar surface area (TPSA) is 88.4 Å². The van der Waals surface area contributed by atoms with E-state index in [1.54, 1.807) is 30.5 Å². The molecule has 3 aromatic rings. The zero-order chi connectivity index (χ0) is 18.5. The van der Waals surface area contributed by atoms with Gasteiger partial charge in [-0.05, 0) is 29.8 Å². The van der Waals surface area contributed by atoms with Gasteiger partial charge < -0.3 is 9.88 Å². The summed E-state index contributed by atoms with van der Waals surface area (Å²) in [4.78, 5) is 27.5. The molecule has 0 radical (unpaired) electrons. The second-order valence-corrected chi connectivity index (χ2v) is 5.85. The molecule has 132 valence electrons. The molecule has 3 rings (SSSR count). The lowest BCUT2D eigenvalue weighted by molar-refractivity contribution is -0.120. The molecule has 0 saturated carbocycles. The molecule has 0 spiro atoms. The van der Waals surface area contributed by atoms with Crippen LogP contribution in [0.5, 0.6) is 0 Å². The van der Waals surface area contributed by atoms with Crippen molar-refractivity contribution in [3.05, 3.63) is 59.9 Å². The summed E-state index contributed by atoms with van der Waals surface area (Å²) >= 11 is 0. The summed E-state index contributed by atoms with van der Waals surface area (Å²) in [5, 5.41) is 6.65. The third-order valence-corrected chi connectivity index (χ3v) is 3.83. The molecule has 2 N–H and O–H groups in total. The molecule has 7 nitrogen and oxygen atoms in total. The Hall–Kier alpha value is -3.48. The van der Waals surface area contributed by atoms with Crippen LogP contribution in [0.15, 0.2) is 53.6 Å². The van der Waals surface area contributed by atoms with Crippen LogP contribution in [0.25, 0.3) is 11.0 Å². The summed E-state index contributed by atoms with van der Waals surface area (Å²) in [6, 6.07) is 14.9. The van der Waals surface area contributed by atoms with Gasteiger partial charge in [0.05, 0.1) is 23.7 Å². The molecule has 7 heteroatoms. The molecule has 0 saturated heterocycles. The molecule has 0 aliphatic heterocycles. The van der Waals surface area contributed by atoms with Crippen LogP contribution < -0.4 is 10.7 Å². The van der Waals surface area contributed by atoms with E-state index in [2.05, 4.69) is 20.8 Å². The van der Waals surface area contributed by atoms with Crippen LogP contribution in [0.2, 0.25) is 0 Å². The summed E-state index contributed by atoms with van der Waals surface area (Å²) in [6.45, 7) is 1.45. The van der Waals surface area contributed by atoms with E-state index < -0.39 is 0 Å². The highest BCUT2D eigenvalue weighted by Gasteiger charge is 2.10. The molecule has 0 aliphatic carbocycles. The number of anilines is 1. The maximum absolute atomic E-state index is 12.1. The van der Waals surface area contributed by atoms with Crippen molar-refractivity contribution in [3.8, 4) is 0 Å². The molecular weight excluding hydrogens is 330 g/mol. The van der Waals surface area contributed by atoms with Crippen molar-refractivity contribution in [3.63, 3.8) is 0 Å². The summed E-state index contributed by atoms with van der Waals surface area (Å²) in [7, 11) is 1.89. The van der Waals surface area contributed by atoms with Gasteiger partial charge in [-0.2, -0.15) is 5.10 Å². The van der Waals surface area contributed by atoms with Crippen LogP contribution in [0.3, 0.4) is 0 Å². The van der Waals surface area contributed by atoms with Crippen LogP contribution in [0.1, 0.15) is 18.3 Å². The van der Waals surface area contributed by atoms with E-state index in [9.17, 15) is 9.59 Å². The Bertz CT molecular complexity index is 973. The fourth-order valence-electron chi connectivity index (χ4n) is 2.57. The van der Waals surface area contributed by atoms with Crippen molar-refractivity contribution < 1.29 is 9.59 Å². The standard InChI is InChI=1S/C19H19N5O2/c1-13(25)21-15-9-7-14(8-10-15)12-20-23-19(26)11-18-22-16-5-3-4-6-17(16)24(18)2/h3-10,12H,11H2,1-2H3,(H,21,25)(H,23,26). The van der Waals surface area contributed by atoms with Crippen LogP contribution in [-0.4, -0.2) is 27.6 Å². The van der Waals surface area contributed by atoms with E-state index in [0.717, 1.165) is 16.6 Å². The van der Waals surface area contributed by atoms with Gasteiger partial charge in [0, 0.05) is 19.7 Å². The molecule has 2 amide bonds. The number of hydrogen-bond donors (Lipinski definition) is 2. The lowest BCUT2D eigenvalue weighted by Gasteiger charge is -2.02. The molecule has 0 unspecified atom stereocenters. The molecule has 0 fully saturated rings. The number of benzene rings is 2. The molecule has 1 aromatic heterocycles. The number of aryl methyl sites for hydroxylation is 1. The number of carbonyl (C=O) groups excluding carboxylic acids is 2. The average molecular weight is 349 g/mol. The second-order valence-electron chi connectivity index (χ2n) is 5.85. The summed E-state index contributed by atoms with van der Waals surface area (Å²) in [5.74, 6) is 0.314. The van der Waals surface area contributed by atoms with Gasteiger partial charge in [-0.1, -0.05) is 24.3 Å². The van der Waals surface area contributed by atoms with Gasteiger partial charge in [0.1, 0.15) is 5.82 Å². The number of fused-ring (bicyclic) bond motifs is 1. The number of carbonyl (C=O) groups is 2. The number of para-hydroxylation sites is 2. The highest BCUT2D eigenvalue weighted by atomic mass is 16.2. The molecule has 0 atom stereocenters. The number of imidazole rings is 1. The fraction of sp³-hybridized carbons (Fsp3) is 0.158. The SMILES string of the molecule is CC(=O)Nc1ccc(C=NNC(=O)Cc2nc3ccccc3n2C)cc1. The van der Waals surface area contributed by atoms with Crippen LogP contribution in [0, 0.1) is 0 Å². The number of aromatic nitrogens is 2. The second kappa shape index (κ2) is 7.60. The highest BCUT2D eigenvalue weighted by Crippen LogP contribution is 2.14. The number of rotatable bonds is 5. The Morgan fingerprint density at radius 3 is 2.58 bits per heavy atom. The number of hydrazone groups is 1. The van der Waals surface area contributed by atoms with E-state index >= 15 is 0 Å². The summed E-state index contributed by atoms with van der Waals surface area (Å²) in [6.07, 6.45) is 1.69. The summed E-state index contributed by atoms with van der Waals surface area (Å²) < 4.78 is 1.90. The van der Waals surface area contributed by atoms with E-state index in [4.69, 9.17) is 0 Å². The van der Waals surface area contributed by atoms with Crippen molar-refractivity contribution in [1.82, 2.24) is 15.0 Å². The highest BCUT2D eigenvalue weighted by molar-refractivity contribution is 5.89. The van der Waals surface area contributed by atoms with Crippen LogP contribution >= 0.6 is 0 Å². The predicted molar refractivity (Wildman–Crippen MR) is 101 cm³/mol. The predicted octanol–water partition coefficient (Wildman–Crippen LogP) is 2.22. The van der Waals surface area contributed by atoms with Gasteiger partial charge in [0.15, 0.2) is 0 Å². The van der Waals surface area contributed by atoms with Crippen molar-refractivity contribution in [2.45, 2.75) is 13.3 Å². The minimum absolute atomic E-state index is 0.124. The Morgan fingerprint density at radius 2 is 1.88 bits per heavy atom. The van der Waals surface area contributed by atoms with Gasteiger partial charge >= 0.3 is 0 Å². The third kappa shape index (κ3) is 4.13. The number of amides is 2. The van der Waals surface area contributed by atoms with Gasteiger partial charge in [0.2, 0.25) is 11.8 Å². The largest absolute Gasteiger partial charge is 0.331 e. The lowest BCUT2D eigenvalue weighted by atomic mass is 10.2. The maximum Gasteiger partial charge on any atom is 0.247 e. The Kier molecular flexibility index (Phi) is 5.07. The van der Waals surface area contributed by atoms with E-state index in [-0.39, 0.29) is 18.2 Å². The van der Waals surface area contributed by atoms with Crippen molar-refractivity contribution >= 4 is 34.7 Å². The van der Waals surface area contributed by atoms with Crippen molar-refractivity contribution in [2.75, 3.05) is 5.32 Å². The first kappa shape index (κ1) is 17.3. The number of nitrogens with one attached hydrogen (secondary N) is 2. The minimum Gasteiger partial charge on any atom is -0.331 e. The van der Waals surface area contributed by atoms with Crippen LogP contribution in [-0.2, 0) is 23.1 Å². The molecule has 2 aromatic carbocycles. The average Bonchev–Trinajstić information content (AvgIpc) is 2.92. The first-order chi connectivity index (χ1) is 12.5. The van der Waals surface area contributed by atoms with Gasteiger partial charge in [-0.15, -0.1) is 0 Å². The Balaban J connectivity index is 1.58. The van der Waals surface area contributed by atoms with Crippen LogP contribution in [0.4, 0.5) is 5.69 Å². The molecule has 0 bridgehead atoms. The van der Waals surface area contributed by atoms with Crippen molar-refractivity contribution in [1.29, 1.82) is 0 Å². The smallest absolute Gasteiger partial charge is 0.247 e. The quantitative estimate of drug-likeness (QED) is 0.547.